The Morgan fingerprint density at radius 3 is 2.83 bits per heavy atom. The van der Waals surface area contributed by atoms with Gasteiger partial charge in [-0.05, 0) is 36.2 Å². The number of hydrogen-bond acceptors (Lipinski definition) is 5. The highest BCUT2D eigenvalue weighted by atomic mass is 35.5. The van der Waals surface area contributed by atoms with E-state index in [1.54, 1.807) is 18.2 Å². The molecule has 0 bridgehead atoms. The number of rotatable bonds is 7. The van der Waals surface area contributed by atoms with Gasteiger partial charge in [0.05, 0.1) is 10.6 Å². The standard InChI is InChI=1S/C19H17ClF3N3O3S/c20-14-8-12(19(21,22)23)9-25-18(14)30-6-5-24-17(28)10-29-13-2-3-15-11(7-13)1-4-16(27)26-15/h2-3,7-9H,1,4-6,10H2,(H,24,28)(H,26,27). The molecular formula is C19H17ClF3N3O3S. The zero-order valence-corrected chi connectivity index (χ0v) is 17.1. The molecule has 2 N–H and O–H groups in total. The Labute approximate surface area is 179 Å². The average Bonchev–Trinajstić information content (AvgIpc) is 2.69. The van der Waals surface area contributed by atoms with Crippen LogP contribution in [0.2, 0.25) is 5.02 Å². The van der Waals surface area contributed by atoms with Crippen LogP contribution in [0.15, 0.2) is 35.5 Å². The van der Waals surface area contributed by atoms with Crippen molar-refractivity contribution < 1.29 is 27.5 Å². The number of thioether (sulfide) groups is 1. The molecule has 0 spiro atoms. The lowest BCUT2D eigenvalue weighted by Crippen LogP contribution is -2.30. The van der Waals surface area contributed by atoms with Gasteiger partial charge in [-0.25, -0.2) is 4.98 Å². The molecule has 30 heavy (non-hydrogen) atoms. The molecule has 0 saturated heterocycles. The summed E-state index contributed by atoms with van der Waals surface area (Å²) in [4.78, 5) is 27.0. The van der Waals surface area contributed by atoms with Gasteiger partial charge in [-0.1, -0.05) is 11.6 Å². The summed E-state index contributed by atoms with van der Waals surface area (Å²) >= 11 is 6.98. The van der Waals surface area contributed by atoms with Crippen molar-refractivity contribution in [3.05, 3.63) is 46.6 Å². The molecule has 1 aromatic carbocycles. The molecule has 11 heteroatoms. The number of alkyl halides is 3. The van der Waals surface area contributed by atoms with Gasteiger partial charge in [-0.3, -0.25) is 9.59 Å². The van der Waals surface area contributed by atoms with Gasteiger partial charge >= 0.3 is 6.18 Å². The van der Waals surface area contributed by atoms with E-state index in [0.717, 1.165) is 35.3 Å². The minimum atomic E-state index is -4.50. The zero-order valence-electron chi connectivity index (χ0n) is 15.5. The molecule has 1 aromatic heterocycles. The predicted octanol–water partition coefficient (Wildman–Crippen LogP) is 3.93. The van der Waals surface area contributed by atoms with Gasteiger partial charge in [0.2, 0.25) is 5.91 Å². The van der Waals surface area contributed by atoms with Crippen LogP contribution in [-0.4, -0.2) is 35.7 Å². The summed E-state index contributed by atoms with van der Waals surface area (Å²) in [7, 11) is 0. The van der Waals surface area contributed by atoms with E-state index in [-0.39, 0.29) is 35.0 Å². The summed E-state index contributed by atoms with van der Waals surface area (Å²) in [5.74, 6) is 0.534. The van der Waals surface area contributed by atoms with Gasteiger partial charge in [0.1, 0.15) is 10.8 Å². The number of carbonyl (C=O) groups excluding carboxylic acids is 2. The number of aryl methyl sites for hydroxylation is 1. The first-order chi connectivity index (χ1) is 14.2. The molecule has 2 heterocycles. The third kappa shape index (κ3) is 6.02. The molecule has 2 amide bonds. The van der Waals surface area contributed by atoms with Gasteiger partial charge in [0.25, 0.3) is 5.91 Å². The number of anilines is 1. The molecule has 0 radical (unpaired) electrons. The molecule has 0 unspecified atom stereocenters. The summed E-state index contributed by atoms with van der Waals surface area (Å²) < 4.78 is 43.3. The van der Waals surface area contributed by atoms with Crippen LogP contribution in [-0.2, 0) is 22.2 Å². The van der Waals surface area contributed by atoms with Crippen molar-refractivity contribution in [1.29, 1.82) is 0 Å². The van der Waals surface area contributed by atoms with Gasteiger partial charge in [0.15, 0.2) is 6.61 Å². The quantitative estimate of drug-likeness (QED) is 0.484. The Kier molecular flexibility index (Phi) is 7.09. The fourth-order valence-electron chi connectivity index (χ4n) is 2.67. The van der Waals surface area contributed by atoms with Crippen LogP contribution in [0.25, 0.3) is 0 Å². The van der Waals surface area contributed by atoms with Gasteiger partial charge in [0, 0.05) is 30.6 Å². The second-order valence-corrected chi connectivity index (χ2v) is 7.85. The van der Waals surface area contributed by atoms with Crippen LogP contribution in [0.3, 0.4) is 0 Å². The molecule has 6 nitrogen and oxygen atoms in total. The Balaban J connectivity index is 1.40. The van der Waals surface area contributed by atoms with Crippen molar-refractivity contribution in [1.82, 2.24) is 10.3 Å². The number of benzene rings is 1. The number of aromatic nitrogens is 1. The number of nitrogens with one attached hydrogen (secondary N) is 2. The molecule has 2 aromatic rings. The van der Waals surface area contributed by atoms with E-state index in [1.165, 1.54) is 0 Å². The van der Waals surface area contributed by atoms with Crippen LogP contribution in [0.4, 0.5) is 18.9 Å². The molecule has 0 saturated carbocycles. The number of hydrogen-bond donors (Lipinski definition) is 2. The molecule has 0 fully saturated rings. The van der Waals surface area contributed by atoms with Gasteiger partial charge in [-0.15, -0.1) is 11.8 Å². The first kappa shape index (κ1) is 22.2. The lowest BCUT2D eigenvalue weighted by atomic mass is 10.0. The normalized spacial score (nSPS) is 13.4. The number of fused-ring (bicyclic) bond motifs is 1. The van der Waals surface area contributed by atoms with Crippen LogP contribution in [0.5, 0.6) is 5.75 Å². The number of ether oxygens (including phenoxy) is 1. The smallest absolute Gasteiger partial charge is 0.417 e. The van der Waals surface area contributed by atoms with Crippen LogP contribution >= 0.6 is 23.4 Å². The second kappa shape index (κ2) is 9.57. The molecule has 1 aliphatic heterocycles. The summed E-state index contributed by atoms with van der Waals surface area (Å²) in [5.41, 5.74) is 0.785. The lowest BCUT2D eigenvalue weighted by molar-refractivity contribution is -0.137. The minimum Gasteiger partial charge on any atom is -0.484 e. The highest BCUT2D eigenvalue weighted by Gasteiger charge is 2.31. The Bertz CT molecular complexity index is 956. The topological polar surface area (TPSA) is 80.3 Å². The summed E-state index contributed by atoms with van der Waals surface area (Å²) in [6, 6.07) is 6.02. The third-order valence-electron chi connectivity index (χ3n) is 4.14. The largest absolute Gasteiger partial charge is 0.484 e. The van der Waals surface area contributed by atoms with Crippen molar-refractivity contribution in [2.75, 3.05) is 24.2 Å². The Morgan fingerprint density at radius 1 is 1.30 bits per heavy atom. The molecule has 1 aliphatic rings. The average molecular weight is 460 g/mol. The molecular weight excluding hydrogens is 443 g/mol. The molecule has 160 valence electrons. The highest BCUT2D eigenvalue weighted by Crippen LogP contribution is 2.33. The summed E-state index contributed by atoms with van der Waals surface area (Å²) in [6.07, 6.45) is -2.75. The fraction of sp³-hybridized carbons (Fsp3) is 0.316. The number of pyridine rings is 1. The zero-order chi connectivity index (χ0) is 21.7. The highest BCUT2D eigenvalue weighted by molar-refractivity contribution is 7.99. The van der Waals surface area contributed by atoms with Crippen molar-refractivity contribution in [3.63, 3.8) is 0 Å². The molecule has 3 rings (SSSR count). The SMILES string of the molecule is O=C(COc1ccc2c(c1)CCC(=O)N2)NCCSc1ncc(C(F)(F)F)cc1Cl. The van der Waals surface area contributed by atoms with Crippen molar-refractivity contribution in [2.45, 2.75) is 24.0 Å². The van der Waals surface area contributed by atoms with E-state index in [0.29, 0.717) is 24.3 Å². The van der Waals surface area contributed by atoms with E-state index in [2.05, 4.69) is 15.6 Å². The van der Waals surface area contributed by atoms with Crippen LogP contribution in [0, 0.1) is 0 Å². The number of halogens is 4. The lowest BCUT2D eigenvalue weighted by Gasteiger charge is -2.17. The predicted molar refractivity (Wildman–Crippen MR) is 107 cm³/mol. The number of amides is 2. The maximum Gasteiger partial charge on any atom is 0.417 e. The molecule has 0 aliphatic carbocycles. The summed E-state index contributed by atoms with van der Waals surface area (Å²) in [5, 5.41) is 5.59. The Morgan fingerprint density at radius 2 is 2.10 bits per heavy atom. The van der Waals surface area contributed by atoms with E-state index in [4.69, 9.17) is 16.3 Å². The van der Waals surface area contributed by atoms with Gasteiger partial charge < -0.3 is 15.4 Å². The van der Waals surface area contributed by atoms with Gasteiger partial charge in [-0.2, -0.15) is 13.2 Å². The molecule has 0 atom stereocenters. The van der Waals surface area contributed by atoms with E-state index >= 15 is 0 Å². The number of nitrogens with zero attached hydrogens (tertiary/aromatic N) is 1. The van der Waals surface area contributed by atoms with E-state index < -0.39 is 11.7 Å². The van der Waals surface area contributed by atoms with Crippen LogP contribution in [0.1, 0.15) is 17.5 Å². The minimum absolute atomic E-state index is 0.0267. The Hall–Kier alpha value is -2.46. The maximum atomic E-state index is 12.6. The monoisotopic (exact) mass is 459 g/mol. The van der Waals surface area contributed by atoms with E-state index in [1.807, 2.05) is 0 Å². The van der Waals surface area contributed by atoms with Crippen molar-refractivity contribution >= 4 is 40.9 Å². The number of carbonyl (C=O) groups is 2. The fourth-order valence-corrected chi connectivity index (χ4v) is 3.73. The van der Waals surface area contributed by atoms with E-state index in [9.17, 15) is 22.8 Å². The first-order valence-electron chi connectivity index (χ1n) is 8.90. The first-order valence-corrected chi connectivity index (χ1v) is 10.3. The second-order valence-electron chi connectivity index (χ2n) is 6.36. The van der Waals surface area contributed by atoms with Crippen molar-refractivity contribution in [3.8, 4) is 5.75 Å². The maximum absolute atomic E-state index is 12.6. The van der Waals surface area contributed by atoms with Crippen molar-refractivity contribution in [2.24, 2.45) is 0 Å². The summed E-state index contributed by atoms with van der Waals surface area (Å²) in [6.45, 7) is 0.0806. The van der Waals surface area contributed by atoms with Crippen LogP contribution < -0.4 is 15.4 Å². The third-order valence-corrected chi connectivity index (χ3v) is 5.55.